The van der Waals surface area contributed by atoms with Crippen molar-refractivity contribution in [2.45, 2.75) is 18.9 Å². The Hall–Kier alpha value is -1.50. The van der Waals surface area contributed by atoms with Crippen molar-refractivity contribution < 1.29 is 24.2 Å². The molecule has 1 saturated heterocycles. The molecule has 1 aromatic rings. The highest BCUT2D eigenvalue weighted by atomic mass is 35.5. The average Bonchev–Trinajstić information content (AvgIpc) is 2.83. The summed E-state index contributed by atoms with van der Waals surface area (Å²) in [5.41, 5.74) is 0. The van der Waals surface area contributed by atoms with Crippen LogP contribution in [-0.4, -0.2) is 40.4 Å². The maximum Gasteiger partial charge on any atom is 0.326 e. The third-order valence-corrected chi connectivity index (χ3v) is 4.11. The van der Waals surface area contributed by atoms with Crippen molar-refractivity contribution >= 4 is 52.6 Å². The van der Waals surface area contributed by atoms with Gasteiger partial charge in [0.1, 0.15) is 11.8 Å². The second kappa shape index (κ2) is 6.73. The van der Waals surface area contributed by atoms with Crippen LogP contribution in [-0.2, 0) is 14.4 Å². The van der Waals surface area contributed by atoms with Gasteiger partial charge in [-0.15, -0.1) is 0 Å². The lowest BCUT2D eigenvalue weighted by Gasteiger charge is -2.19. The number of ether oxygens (including phenoxy) is 1. The summed E-state index contributed by atoms with van der Waals surface area (Å²) in [6.07, 6.45) is 0.101. The molecule has 9 heteroatoms. The highest BCUT2D eigenvalue weighted by molar-refractivity contribution is 6.43. The molecular formula is C13H10Cl3NO5. The number of carboxylic acids is 1. The van der Waals surface area contributed by atoms with Crippen LogP contribution in [0.5, 0.6) is 5.75 Å². The van der Waals surface area contributed by atoms with E-state index in [1.165, 1.54) is 12.1 Å². The lowest BCUT2D eigenvalue weighted by atomic mass is 10.2. The minimum Gasteiger partial charge on any atom is -0.482 e. The third-order valence-electron chi connectivity index (χ3n) is 3.09. The predicted octanol–water partition coefficient (Wildman–Crippen LogP) is 2.63. The van der Waals surface area contributed by atoms with Crippen molar-refractivity contribution in [3.8, 4) is 5.75 Å². The number of amides is 2. The zero-order chi connectivity index (χ0) is 16.4. The molecule has 1 aliphatic rings. The van der Waals surface area contributed by atoms with Gasteiger partial charge in [0.25, 0.3) is 5.91 Å². The van der Waals surface area contributed by atoms with E-state index < -0.39 is 30.4 Å². The molecule has 1 aliphatic heterocycles. The molecule has 6 nitrogen and oxygen atoms in total. The molecule has 1 N–H and O–H groups in total. The monoisotopic (exact) mass is 365 g/mol. The lowest BCUT2D eigenvalue weighted by molar-refractivity contribution is -0.154. The number of carboxylic acid groups (broad SMARTS) is 1. The van der Waals surface area contributed by atoms with Crippen LogP contribution < -0.4 is 4.74 Å². The van der Waals surface area contributed by atoms with Crippen LogP contribution in [0.25, 0.3) is 0 Å². The normalized spacial score (nSPS) is 17.7. The van der Waals surface area contributed by atoms with Gasteiger partial charge in [-0.1, -0.05) is 34.8 Å². The van der Waals surface area contributed by atoms with Crippen LogP contribution in [0.15, 0.2) is 12.1 Å². The molecule has 1 atom stereocenters. The van der Waals surface area contributed by atoms with Crippen LogP contribution in [0, 0.1) is 0 Å². The second-order valence-electron chi connectivity index (χ2n) is 4.54. The maximum atomic E-state index is 12.0. The minimum absolute atomic E-state index is 0.0102. The molecule has 0 spiro atoms. The largest absolute Gasteiger partial charge is 0.482 e. The molecule has 2 amide bonds. The Kier molecular flexibility index (Phi) is 5.16. The van der Waals surface area contributed by atoms with Crippen molar-refractivity contribution in [2.75, 3.05) is 6.61 Å². The molecule has 0 saturated carbocycles. The number of rotatable bonds is 4. The van der Waals surface area contributed by atoms with Crippen molar-refractivity contribution in [3.05, 3.63) is 27.2 Å². The number of imide groups is 1. The zero-order valence-electron chi connectivity index (χ0n) is 11.0. The molecule has 2 rings (SSSR count). The van der Waals surface area contributed by atoms with Gasteiger partial charge in [0.05, 0.1) is 15.1 Å². The number of hydrogen-bond donors (Lipinski definition) is 1. The van der Waals surface area contributed by atoms with Crippen molar-refractivity contribution in [2.24, 2.45) is 0 Å². The predicted molar refractivity (Wildman–Crippen MR) is 79.5 cm³/mol. The zero-order valence-corrected chi connectivity index (χ0v) is 13.3. The molecule has 1 heterocycles. The van der Waals surface area contributed by atoms with E-state index in [-0.39, 0.29) is 33.7 Å². The molecule has 0 bridgehead atoms. The van der Waals surface area contributed by atoms with E-state index in [0.29, 0.717) is 4.90 Å². The summed E-state index contributed by atoms with van der Waals surface area (Å²) in [5.74, 6) is -2.41. The topological polar surface area (TPSA) is 83.9 Å². The lowest BCUT2D eigenvalue weighted by Crippen LogP contribution is -2.45. The summed E-state index contributed by atoms with van der Waals surface area (Å²) in [6, 6.07) is 1.53. The fourth-order valence-electron chi connectivity index (χ4n) is 2.05. The second-order valence-corrected chi connectivity index (χ2v) is 5.76. The fraction of sp³-hybridized carbons (Fsp3) is 0.308. The molecule has 1 fully saturated rings. The molecule has 118 valence electrons. The average molecular weight is 367 g/mol. The number of hydrogen-bond acceptors (Lipinski definition) is 4. The summed E-state index contributed by atoms with van der Waals surface area (Å²) in [6.45, 7) is -0.535. The number of aliphatic carboxylic acids is 1. The molecule has 0 radical (unpaired) electrons. The molecular weight excluding hydrogens is 357 g/mol. The van der Waals surface area contributed by atoms with E-state index in [2.05, 4.69) is 0 Å². The highest BCUT2D eigenvalue weighted by Gasteiger charge is 2.40. The number of carbonyl (C=O) groups is 3. The molecule has 0 aromatic heterocycles. The van der Waals surface area contributed by atoms with Crippen LogP contribution in [0.1, 0.15) is 12.8 Å². The van der Waals surface area contributed by atoms with Gasteiger partial charge in [-0.25, -0.2) is 4.79 Å². The van der Waals surface area contributed by atoms with E-state index in [1.807, 2.05) is 0 Å². The number of halogens is 3. The van der Waals surface area contributed by atoms with Crippen LogP contribution in [0.2, 0.25) is 15.1 Å². The third kappa shape index (κ3) is 3.45. The number of nitrogens with zero attached hydrogens (tertiary/aromatic N) is 1. The first-order chi connectivity index (χ1) is 10.3. The summed E-state index contributed by atoms with van der Waals surface area (Å²) < 4.78 is 5.21. The van der Waals surface area contributed by atoms with E-state index in [4.69, 9.17) is 44.6 Å². The van der Waals surface area contributed by atoms with Crippen molar-refractivity contribution in [3.63, 3.8) is 0 Å². The van der Waals surface area contributed by atoms with Gasteiger partial charge >= 0.3 is 5.97 Å². The van der Waals surface area contributed by atoms with Crippen molar-refractivity contribution in [1.82, 2.24) is 4.90 Å². The van der Waals surface area contributed by atoms with Gasteiger partial charge < -0.3 is 9.84 Å². The van der Waals surface area contributed by atoms with E-state index in [1.54, 1.807) is 0 Å². The van der Waals surface area contributed by atoms with Gasteiger partial charge in [0.15, 0.2) is 6.61 Å². The van der Waals surface area contributed by atoms with Crippen LogP contribution >= 0.6 is 34.8 Å². The van der Waals surface area contributed by atoms with Gasteiger partial charge in [-0.2, -0.15) is 0 Å². The highest BCUT2D eigenvalue weighted by Crippen LogP contribution is 2.34. The van der Waals surface area contributed by atoms with Crippen LogP contribution in [0.3, 0.4) is 0 Å². The van der Waals surface area contributed by atoms with Crippen molar-refractivity contribution in [1.29, 1.82) is 0 Å². The Labute approximate surface area is 140 Å². The first kappa shape index (κ1) is 16.9. The first-order valence-corrected chi connectivity index (χ1v) is 7.29. The Morgan fingerprint density at radius 3 is 2.50 bits per heavy atom. The fourth-order valence-corrected chi connectivity index (χ4v) is 2.65. The molecule has 22 heavy (non-hydrogen) atoms. The van der Waals surface area contributed by atoms with Gasteiger partial charge in [-0.05, 0) is 12.5 Å². The van der Waals surface area contributed by atoms with Gasteiger partial charge in [0.2, 0.25) is 5.91 Å². The number of carbonyl (C=O) groups excluding carboxylic acids is 2. The Balaban J connectivity index is 2.08. The Bertz CT molecular complexity index is 649. The standard InChI is InChI=1S/C13H10Cl3NO5/c14-6-3-8(16)10(4-7(6)15)22-5-12(19)17-9(13(20)21)1-2-11(17)18/h3-4,9H,1-2,5H2,(H,20,21)/t9-/m0/s1. The van der Waals surface area contributed by atoms with Gasteiger partial charge in [-0.3, -0.25) is 14.5 Å². The summed E-state index contributed by atoms with van der Waals surface area (Å²) in [5, 5.41) is 9.57. The number of likely N-dealkylation sites (tertiary alicyclic amines) is 1. The maximum absolute atomic E-state index is 12.0. The molecule has 0 aliphatic carbocycles. The summed E-state index contributed by atoms with van der Waals surface area (Å²) in [4.78, 5) is 35.4. The van der Waals surface area contributed by atoms with E-state index in [9.17, 15) is 14.4 Å². The first-order valence-electron chi connectivity index (χ1n) is 6.16. The Morgan fingerprint density at radius 1 is 1.23 bits per heavy atom. The summed E-state index contributed by atoms with van der Waals surface area (Å²) in [7, 11) is 0. The minimum atomic E-state index is -1.23. The summed E-state index contributed by atoms with van der Waals surface area (Å²) >= 11 is 17.5. The molecule has 1 aromatic carbocycles. The SMILES string of the molecule is O=C(O)[C@@H]1CCC(=O)N1C(=O)COc1cc(Cl)c(Cl)cc1Cl. The van der Waals surface area contributed by atoms with Gasteiger partial charge in [0, 0.05) is 12.5 Å². The van der Waals surface area contributed by atoms with E-state index in [0.717, 1.165) is 0 Å². The smallest absolute Gasteiger partial charge is 0.326 e. The Morgan fingerprint density at radius 2 is 1.86 bits per heavy atom. The molecule has 0 unspecified atom stereocenters. The quantitative estimate of drug-likeness (QED) is 0.828. The van der Waals surface area contributed by atoms with E-state index >= 15 is 0 Å². The number of benzene rings is 1. The van der Waals surface area contributed by atoms with Crippen LogP contribution in [0.4, 0.5) is 0 Å².